The number of nitrogens with zero attached hydrogens (tertiary/aromatic N) is 1. The molecule has 2 aromatic carbocycles. The number of carbonyl (C=O) groups is 1. The fourth-order valence-corrected chi connectivity index (χ4v) is 4.46. The van der Waals surface area contributed by atoms with Gasteiger partial charge in [0.25, 0.3) is 5.91 Å². The predicted molar refractivity (Wildman–Crippen MR) is 131 cm³/mol. The number of amides is 1. The van der Waals surface area contributed by atoms with E-state index in [0.717, 1.165) is 4.70 Å². The molecule has 0 aliphatic carbocycles. The van der Waals surface area contributed by atoms with Crippen molar-refractivity contribution >= 4 is 73.1 Å². The molecule has 4 rings (SSSR count). The highest BCUT2D eigenvalue weighted by Crippen LogP contribution is 2.36. The molecule has 2 N–H and O–H groups in total. The van der Waals surface area contributed by atoms with Crippen LogP contribution in [0, 0.1) is 0 Å². The number of ether oxygens (including phenoxy) is 2. The highest BCUT2D eigenvalue weighted by atomic mass is 35.5. The number of furan rings is 1. The van der Waals surface area contributed by atoms with E-state index in [-0.39, 0.29) is 10.9 Å². The second kappa shape index (κ2) is 9.33. The molecule has 32 heavy (non-hydrogen) atoms. The zero-order valence-corrected chi connectivity index (χ0v) is 19.8. The van der Waals surface area contributed by atoms with Crippen molar-refractivity contribution in [2.24, 2.45) is 0 Å². The topological polar surface area (TPSA) is 85.6 Å². The number of fused-ring (bicyclic) bond motifs is 1. The van der Waals surface area contributed by atoms with E-state index >= 15 is 0 Å². The molecule has 164 valence electrons. The quantitative estimate of drug-likeness (QED) is 0.320. The van der Waals surface area contributed by atoms with E-state index in [1.54, 1.807) is 44.6 Å². The Labute approximate surface area is 202 Å². The van der Waals surface area contributed by atoms with Crippen LogP contribution in [-0.2, 0) is 0 Å². The monoisotopic (exact) mass is 507 g/mol. The van der Waals surface area contributed by atoms with Crippen LogP contribution < -0.4 is 20.1 Å². The van der Waals surface area contributed by atoms with E-state index in [9.17, 15) is 4.79 Å². The third kappa shape index (κ3) is 4.51. The molecule has 0 radical (unpaired) electrons. The molecule has 1 amide bonds. The molecule has 2 aromatic heterocycles. The van der Waals surface area contributed by atoms with Crippen molar-refractivity contribution in [3.63, 3.8) is 0 Å². The summed E-state index contributed by atoms with van der Waals surface area (Å²) in [5, 5.41) is 6.77. The van der Waals surface area contributed by atoms with Crippen LogP contribution in [0.1, 0.15) is 10.6 Å². The lowest BCUT2D eigenvalue weighted by Gasteiger charge is -2.06. The zero-order valence-electron chi connectivity index (χ0n) is 16.7. The van der Waals surface area contributed by atoms with Gasteiger partial charge in [0.2, 0.25) is 0 Å². The summed E-state index contributed by atoms with van der Waals surface area (Å²) in [6, 6.07) is 11.9. The van der Waals surface area contributed by atoms with Crippen LogP contribution in [-0.4, -0.2) is 30.2 Å². The van der Waals surface area contributed by atoms with Gasteiger partial charge < -0.3 is 19.2 Å². The van der Waals surface area contributed by atoms with Crippen molar-refractivity contribution in [2.75, 3.05) is 19.5 Å². The summed E-state index contributed by atoms with van der Waals surface area (Å²) in [5.41, 5.74) is 1.24. The molecular formula is C21H15Cl2N3O4S2. The van der Waals surface area contributed by atoms with E-state index < -0.39 is 5.91 Å². The third-order valence-electron chi connectivity index (χ3n) is 4.38. The molecule has 0 spiro atoms. The number of anilines is 1. The molecule has 0 fully saturated rings. The van der Waals surface area contributed by atoms with Gasteiger partial charge in [0.15, 0.2) is 16.0 Å². The lowest BCUT2D eigenvalue weighted by Crippen LogP contribution is -2.33. The summed E-state index contributed by atoms with van der Waals surface area (Å²) >= 11 is 18.9. The second-order valence-corrected chi connectivity index (χ2v) is 8.59. The van der Waals surface area contributed by atoms with Crippen molar-refractivity contribution in [3.05, 3.63) is 58.3 Å². The number of carbonyl (C=O) groups excluding carboxylic acids is 1. The Balaban J connectivity index is 1.47. The number of hydrogen-bond acceptors (Lipinski definition) is 7. The van der Waals surface area contributed by atoms with Crippen molar-refractivity contribution in [1.29, 1.82) is 0 Å². The number of thiazole rings is 1. The second-order valence-electron chi connectivity index (χ2n) is 6.37. The molecule has 0 aliphatic rings. The Morgan fingerprint density at radius 3 is 2.72 bits per heavy atom. The van der Waals surface area contributed by atoms with E-state index in [1.165, 1.54) is 17.4 Å². The van der Waals surface area contributed by atoms with Gasteiger partial charge >= 0.3 is 0 Å². The van der Waals surface area contributed by atoms with E-state index in [4.69, 9.17) is 49.3 Å². The van der Waals surface area contributed by atoms with Gasteiger partial charge in [-0.3, -0.25) is 10.1 Å². The maximum atomic E-state index is 12.6. The minimum Gasteiger partial charge on any atom is -0.497 e. The summed E-state index contributed by atoms with van der Waals surface area (Å²) in [6.45, 7) is 0. The van der Waals surface area contributed by atoms with Gasteiger partial charge in [0, 0.05) is 11.6 Å². The van der Waals surface area contributed by atoms with Gasteiger partial charge in [0.1, 0.15) is 22.8 Å². The summed E-state index contributed by atoms with van der Waals surface area (Å²) in [7, 11) is 3.13. The molecular weight excluding hydrogens is 493 g/mol. The fraction of sp³-hybridized carbons (Fsp3) is 0.0952. The number of aromatic nitrogens is 1. The number of hydrogen-bond donors (Lipinski definition) is 2. The number of thiocarbonyl (C=S) groups is 1. The van der Waals surface area contributed by atoms with Crippen LogP contribution in [0.5, 0.6) is 11.5 Å². The van der Waals surface area contributed by atoms with Gasteiger partial charge in [-0.05, 0) is 42.5 Å². The Bertz CT molecular complexity index is 1340. The SMILES string of the molecule is COc1cc(OC)c2nc(NC(=S)NC(=O)c3ccc(-c4cccc(Cl)c4Cl)o3)sc2c1. The van der Waals surface area contributed by atoms with Crippen LogP contribution in [0.3, 0.4) is 0 Å². The van der Waals surface area contributed by atoms with E-state index in [2.05, 4.69) is 15.6 Å². The zero-order chi connectivity index (χ0) is 22.8. The van der Waals surface area contributed by atoms with Crippen molar-refractivity contribution < 1.29 is 18.7 Å². The number of halogens is 2. The predicted octanol–water partition coefficient (Wildman–Crippen LogP) is 6.01. The van der Waals surface area contributed by atoms with Crippen LogP contribution in [0.15, 0.2) is 46.9 Å². The summed E-state index contributed by atoms with van der Waals surface area (Å²) in [6.07, 6.45) is 0. The van der Waals surface area contributed by atoms with Crippen molar-refractivity contribution in [1.82, 2.24) is 10.3 Å². The van der Waals surface area contributed by atoms with E-state index in [0.29, 0.717) is 43.5 Å². The minimum absolute atomic E-state index is 0.0656. The average Bonchev–Trinajstić information content (AvgIpc) is 3.41. The van der Waals surface area contributed by atoms with Gasteiger partial charge in [-0.15, -0.1) is 0 Å². The summed E-state index contributed by atoms with van der Waals surface area (Å²) in [4.78, 5) is 17.0. The number of rotatable bonds is 5. The molecule has 0 saturated heterocycles. The highest BCUT2D eigenvalue weighted by Gasteiger charge is 2.17. The minimum atomic E-state index is -0.521. The summed E-state index contributed by atoms with van der Waals surface area (Å²) in [5.74, 6) is 1.17. The Morgan fingerprint density at radius 2 is 1.97 bits per heavy atom. The first-order chi connectivity index (χ1) is 15.4. The van der Waals surface area contributed by atoms with Crippen LogP contribution in [0.4, 0.5) is 5.13 Å². The molecule has 0 unspecified atom stereocenters. The maximum Gasteiger partial charge on any atom is 0.293 e. The molecule has 0 aliphatic heterocycles. The molecule has 4 aromatic rings. The number of nitrogens with one attached hydrogen (secondary N) is 2. The molecule has 7 nitrogen and oxygen atoms in total. The van der Waals surface area contributed by atoms with Gasteiger partial charge in [-0.1, -0.05) is 40.6 Å². The van der Waals surface area contributed by atoms with Crippen LogP contribution in [0.2, 0.25) is 10.0 Å². The lowest BCUT2D eigenvalue weighted by atomic mass is 10.2. The van der Waals surface area contributed by atoms with Gasteiger partial charge in [0.05, 0.1) is 29.0 Å². The Kier molecular flexibility index (Phi) is 6.52. The summed E-state index contributed by atoms with van der Waals surface area (Å²) < 4.78 is 17.1. The first kappa shape index (κ1) is 22.3. The molecule has 0 atom stereocenters. The van der Waals surface area contributed by atoms with Crippen molar-refractivity contribution in [2.45, 2.75) is 0 Å². The normalized spacial score (nSPS) is 10.8. The maximum absolute atomic E-state index is 12.6. The van der Waals surface area contributed by atoms with Crippen molar-refractivity contribution in [3.8, 4) is 22.8 Å². The fourth-order valence-electron chi connectivity index (χ4n) is 2.89. The first-order valence-corrected chi connectivity index (χ1v) is 11.1. The largest absolute Gasteiger partial charge is 0.497 e. The lowest BCUT2D eigenvalue weighted by molar-refractivity contribution is 0.0951. The third-order valence-corrected chi connectivity index (χ3v) is 6.32. The molecule has 11 heteroatoms. The smallest absolute Gasteiger partial charge is 0.293 e. The van der Waals surface area contributed by atoms with Crippen LogP contribution in [0.25, 0.3) is 21.5 Å². The highest BCUT2D eigenvalue weighted by molar-refractivity contribution is 7.80. The number of methoxy groups -OCH3 is 2. The molecule has 2 heterocycles. The average molecular weight is 508 g/mol. The molecule has 0 bridgehead atoms. The van der Waals surface area contributed by atoms with E-state index in [1.807, 2.05) is 6.07 Å². The first-order valence-electron chi connectivity index (χ1n) is 9.08. The van der Waals surface area contributed by atoms with Gasteiger partial charge in [-0.2, -0.15) is 0 Å². The van der Waals surface area contributed by atoms with Crippen LogP contribution >= 0.6 is 46.8 Å². The van der Waals surface area contributed by atoms with Gasteiger partial charge in [-0.25, -0.2) is 4.98 Å². The Hall–Kier alpha value is -2.85. The molecule has 0 saturated carbocycles. The number of benzene rings is 2. The Morgan fingerprint density at radius 1 is 1.16 bits per heavy atom. The standard InChI is InChI=1S/C21H15Cl2N3O4S2/c1-28-10-8-15(29-2)18-16(9-10)32-21(24-18)26-20(31)25-19(27)14-7-6-13(30-14)11-4-3-5-12(22)17(11)23/h3-9H,1-2H3,(H2,24,25,26,27,31).